The van der Waals surface area contributed by atoms with E-state index in [4.69, 9.17) is 0 Å². The minimum Gasteiger partial charge on any atom is -0.310 e. The SMILES string of the molecule is c1ccc(-c2ccc(N(c3cccc(-c4ccc(-c5ccc6c(c5)c5ccccc5n6-c5ccccc5)cc4)c3)c3ccc4c(c3)C(c3ccccc3)(c3ccccc3)c3ccccc3-4)cc2)cc1. The van der Waals surface area contributed by atoms with Crippen molar-refractivity contribution in [3.63, 3.8) is 0 Å². The molecule has 0 atom stereocenters. The zero-order valence-corrected chi connectivity index (χ0v) is 38.0. The molecule has 12 aromatic rings. The highest BCUT2D eigenvalue weighted by Gasteiger charge is 2.46. The first-order valence-electron chi connectivity index (χ1n) is 23.8. The number of nitrogens with zero attached hydrogens (tertiary/aromatic N) is 2. The maximum absolute atomic E-state index is 2.45. The smallest absolute Gasteiger partial charge is 0.0714 e. The molecule has 1 aliphatic carbocycles. The van der Waals surface area contributed by atoms with E-state index in [1.165, 1.54) is 88.7 Å². The van der Waals surface area contributed by atoms with Crippen LogP contribution in [-0.2, 0) is 5.41 Å². The lowest BCUT2D eigenvalue weighted by molar-refractivity contribution is 0.768. The van der Waals surface area contributed by atoms with Crippen LogP contribution in [0.5, 0.6) is 0 Å². The van der Waals surface area contributed by atoms with Gasteiger partial charge in [-0.1, -0.05) is 212 Å². The van der Waals surface area contributed by atoms with Crippen molar-refractivity contribution < 1.29 is 0 Å². The normalized spacial score (nSPS) is 12.5. The number of rotatable bonds is 9. The van der Waals surface area contributed by atoms with Crippen LogP contribution in [0.1, 0.15) is 22.3 Å². The minimum atomic E-state index is -0.514. The number of para-hydroxylation sites is 2. The van der Waals surface area contributed by atoms with Gasteiger partial charge in [0, 0.05) is 33.5 Å². The predicted octanol–water partition coefficient (Wildman–Crippen LogP) is 17.6. The summed E-state index contributed by atoms with van der Waals surface area (Å²) in [6, 6.07) is 102. The highest BCUT2D eigenvalue weighted by Crippen LogP contribution is 2.57. The maximum Gasteiger partial charge on any atom is 0.0714 e. The monoisotopic (exact) mass is 878 g/mol. The second kappa shape index (κ2) is 16.7. The standard InChI is InChI=1S/C67H46N2/c1-5-18-47(19-6-1)48-36-39-56(40-37-48)68(58-41-42-60-59-28-13-15-30-63(59)67(64(60)46-58,53-21-7-2-8-22-53)54-23-9-3-10-24-54)57-27-17-20-51(44-57)49-32-34-50(35-33-49)52-38-43-66-62(45-52)61-29-14-16-31-65(61)69(66)55-25-11-4-12-26-55/h1-46H. The highest BCUT2D eigenvalue weighted by atomic mass is 15.1. The molecule has 0 saturated carbocycles. The predicted molar refractivity (Wildman–Crippen MR) is 289 cm³/mol. The van der Waals surface area contributed by atoms with Gasteiger partial charge in [0.15, 0.2) is 0 Å². The third-order valence-electron chi connectivity index (χ3n) is 14.3. The molecule has 0 bridgehead atoms. The van der Waals surface area contributed by atoms with Crippen molar-refractivity contribution in [2.45, 2.75) is 5.41 Å². The summed E-state index contributed by atoms with van der Waals surface area (Å²) in [5.74, 6) is 0. The third-order valence-corrected chi connectivity index (χ3v) is 14.3. The summed E-state index contributed by atoms with van der Waals surface area (Å²) >= 11 is 0. The summed E-state index contributed by atoms with van der Waals surface area (Å²) in [6.07, 6.45) is 0. The molecule has 0 aliphatic heterocycles. The molecule has 324 valence electrons. The molecule has 0 amide bonds. The van der Waals surface area contributed by atoms with Crippen molar-refractivity contribution in [1.29, 1.82) is 0 Å². The molecule has 2 heteroatoms. The van der Waals surface area contributed by atoms with Gasteiger partial charge in [0.25, 0.3) is 0 Å². The largest absolute Gasteiger partial charge is 0.310 e. The van der Waals surface area contributed by atoms with Crippen molar-refractivity contribution in [2.24, 2.45) is 0 Å². The Morgan fingerprint density at radius 1 is 0.275 bits per heavy atom. The molecule has 0 saturated heterocycles. The molecule has 11 aromatic carbocycles. The van der Waals surface area contributed by atoms with Crippen molar-refractivity contribution in [3.8, 4) is 50.2 Å². The van der Waals surface area contributed by atoms with Crippen LogP contribution in [0.15, 0.2) is 279 Å². The molecule has 0 unspecified atom stereocenters. The maximum atomic E-state index is 2.45. The highest BCUT2D eigenvalue weighted by molar-refractivity contribution is 6.10. The first kappa shape index (κ1) is 40.3. The Morgan fingerprint density at radius 3 is 1.46 bits per heavy atom. The molecule has 0 spiro atoms. The second-order valence-electron chi connectivity index (χ2n) is 18.1. The van der Waals surface area contributed by atoms with Crippen molar-refractivity contribution in [1.82, 2.24) is 4.57 Å². The molecule has 1 aromatic heterocycles. The topological polar surface area (TPSA) is 8.17 Å². The van der Waals surface area contributed by atoms with E-state index in [0.29, 0.717) is 0 Å². The van der Waals surface area contributed by atoms with E-state index in [-0.39, 0.29) is 0 Å². The van der Waals surface area contributed by atoms with E-state index in [2.05, 4.69) is 289 Å². The zero-order chi connectivity index (χ0) is 45.7. The fraction of sp³-hybridized carbons (Fsp3) is 0.0149. The number of hydrogen-bond donors (Lipinski definition) is 0. The van der Waals surface area contributed by atoms with E-state index in [1.54, 1.807) is 0 Å². The number of anilines is 3. The molecule has 0 N–H and O–H groups in total. The van der Waals surface area contributed by atoms with Gasteiger partial charge in [0.2, 0.25) is 0 Å². The second-order valence-corrected chi connectivity index (χ2v) is 18.1. The molecule has 2 nitrogen and oxygen atoms in total. The summed E-state index contributed by atoms with van der Waals surface area (Å²) in [5.41, 5.74) is 21.1. The van der Waals surface area contributed by atoms with Crippen molar-refractivity contribution in [2.75, 3.05) is 4.90 Å². The molecule has 0 fully saturated rings. The summed E-state index contributed by atoms with van der Waals surface area (Å²) < 4.78 is 2.37. The fourth-order valence-corrected chi connectivity index (χ4v) is 11.1. The van der Waals surface area contributed by atoms with Crippen LogP contribution in [0.2, 0.25) is 0 Å². The van der Waals surface area contributed by atoms with E-state index < -0.39 is 5.41 Å². The van der Waals surface area contributed by atoms with Crippen molar-refractivity contribution in [3.05, 3.63) is 301 Å². The quantitative estimate of drug-likeness (QED) is 0.140. The van der Waals surface area contributed by atoms with Gasteiger partial charge in [0.1, 0.15) is 0 Å². The molecule has 13 rings (SSSR count). The third kappa shape index (κ3) is 6.72. The summed E-state index contributed by atoms with van der Waals surface area (Å²) in [5, 5.41) is 2.51. The van der Waals surface area contributed by atoms with Gasteiger partial charge in [-0.3, -0.25) is 0 Å². The van der Waals surface area contributed by atoms with E-state index >= 15 is 0 Å². The number of aromatic nitrogens is 1. The Hall–Kier alpha value is -8.98. The molecule has 1 aliphatic rings. The van der Waals surface area contributed by atoms with Crippen LogP contribution in [0.25, 0.3) is 72.0 Å². The lowest BCUT2D eigenvalue weighted by Gasteiger charge is -2.35. The van der Waals surface area contributed by atoms with E-state index in [0.717, 1.165) is 22.6 Å². The van der Waals surface area contributed by atoms with Gasteiger partial charge >= 0.3 is 0 Å². The Bertz CT molecular complexity index is 3760. The van der Waals surface area contributed by atoms with Crippen LogP contribution in [-0.4, -0.2) is 4.57 Å². The van der Waals surface area contributed by atoms with Crippen LogP contribution in [0, 0.1) is 0 Å². The Labute approximate surface area is 403 Å². The average Bonchev–Trinajstić information content (AvgIpc) is 3.92. The van der Waals surface area contributed by atoms with Crippen LogP contribution in [0.4, 0.5) is 17.1 Å². The molecule has 69 heavy (non-hydrogen) atoms. The van der Waals surface area contributed by atoms with Gasteiger partial charge in [-0.25, -0.2) is 0 Å². The minimum absolute atomic E-state index is 0.514. The first-order chi connectivity index (χ1) is 34.2. The van der Waals surface area contributed by atoms with E-state index in [1.807, 2.05) is 0 Å². The molecule has 1 heterocycles. The van der Waals surface area contributed by atoms with Gasteiger partial charge in [-0.2, -0.15) is 0 Å². The lowest BCUT2D eigenvalue weighted by Crippen LogP contribution is -2.28. The number of fused-ring (bicyclic) bond motifs is 6. The Balaban J connectivity index is 0.924. The van der Waals surface area contributed by atoms with E-state index in [9.17, 15) is 0 Å². The Kier molecular flexibility index (Phi) is 9.77. The Morgan fingerprint density at radius 2 is 0.754 bits per heavy atom. The summed E-state index contributed by atoms with van der Waals surface area (Å²) in [6.45, 7) is 0. The summed E-state index contributed by atoms with van der Waals surface area (Å²) in [4.78, 5) is 2.43. The van der Waals surface area contributed by atoms with Gasteiger partial charge < -0.3 is 9.47 Å². The van der Waals surface area contributed by atoms with Crippen molar-refractivity contribution >= 4 is 38.9 Å². The van der Waals surface area contributed by atoms with Crippen LogP contribution >= 0.6 is 0 Å². The van der Waals surface area contributed by atoms with Crippen LogP contribution < -0.4 is 4.90 Å². The number of benzene rings is 11. The molecular formula is C67H46N2. The average molecular weight is 879 g/mol. The van der Waals surface area contributed by atoms with Crippen LogP contribution in [0.3, 0.4) is 0 Å². The van der Waals surface area contributed by atoms with Gasteiger partial charge in [0.05, 0.1) is 16.4 Å². The first-order valence-corrected chi connectivity index (χ1v) is 23.8. The molecule has 0 radical (unpaired) electrons. The number of hydrogen-bond acceptors (Lipinski definition) is 1. The fourth-order valence-electron chi connectivity index (χ4n) is 11.1. The molecular weight excluding hydrogens is 833 g/mol. The zero-order valence-electron chi connectivity index (χ0n) is 38.0. The summed E-state index contributed by atoms with van der Waals surface area (Å²) in [7, 11) is 0. The van der Waals surface area contributed by atoms with Gasteiger partial charge in [-0.15, -0.1) is 0 Å². The van der Waals surface area contributed by atoms with Gasteiger partial charge in [-0.05, 0) is 133 Å². The lowest BCUT2D eigenvalue weighted by atomic mass is 9.67.